The highest BCUT2D eigenvalue weighted by Gasteiger charge is 2.16. The molecule has 0 aliphatic heterocycles. The van der Waals surface area contributed by atoms with E-state index in [2.05, 4.69) is 27.0 Å². The molecule has 0 saturated heterocycles. The molecule has 1 aromatic heterocycles. The Morgan fingerprint density at radius 3 is 2.44 bits per heavy atom. The van der Waals surface area contributed by atoms with Crippen molar-refractivity contribution in [2.75, 3.05) is 6.54 Å². The van der Waals surface area contributed by atoms with Crippen LogP contribution >= 0.6 is 27.5 Å². The van der Waals surface area contributed by atoms with Gasteiger partial charge >= 0.3 is 11.9 Å². The zero-order valence-electron chi connectivity index (χ0n) is 13.8. The number of rotatable bonds is 5. The summed E-state index contributed by atoms with van der Waals surface area (Å²) in [5.74, 6) is -3.20. The fraction of sp³-hybridized carbons (Fsp3) is 0.176. The van der Waals surface area contributed by atoms with E-state index in [1.165, 1.54) is 0 Å². The smallest absolute Gasteiger partial charge is 0.414 e. The number of carboxylic acid groups (broad SMARTS) is 2. The van der Waals surface area contributed by atoms with E-state index in [0.29, 0.717) is 29.3 Å². The first-order valence-corrected chi connectivity index (χ1v) is 8.59. The number of nitrogens with zero attached hydrogens (tertiary/aromatic N) is 2. The van der Waals surface area contributed by atoms with Gasteiger partial charge in [0.2, 0.25) is 0 Å². The molecule has 0 radical (unpaired) electrons. The molecule has 1 atom stereocenters. The van der Waals surface area contributed by atoms with Crippen LogP contribution in [-0.4, -0.2) is 33.7 Å². The van der Waals surface area contributed by atoms with E-state index < -0.39 is 11.9 Å². The molecule has 0 amide bonds. The van der Waals surface area contributed by atoms with Crippen molar-refractivity contribution in [2.45, 2.75) is 12.5 Å². The Balaban J connectivity index is 0.000000527. The molecular formula is C17H15BrClN3O5. The highest BCUT2D eigenvalue weighted by molar-refractivity contribution is 9.10. The summed E-state index contributed by atoms with van der Waals surface area (Å²) < 4.78 is 6.69. The largest absolute Gasteiger partial charge is 0.484 e. The number of benzene rings is 1. The van der Waals surface area contributed by atoms with Crippen LogP contribution in [0.4, 0.5) is 0 Å². The number of hydrogen-bond acceptors (Lipinski definition) is 6. The van der Waals surface area contributed by atoms with E-state index >= 15 is 0 Å². The van der Waals surface area contributed by atoms with Crippen molar-refractivity contribution in [3.05, 3.63) is 57.3 Å². The zero-order valence-corrected chi connectivity index (χ0v) is 16.1. The molecule has 0 aliphatic rings. The molecule has 27 heavy (non-hydrogen) atoms. The molecule has 1 unspecified atom stereocenters. The summed E-state index contributed by atoms with van der Waals surface area (Å²) >= 11 is 9.26. The van der Waals surface area contributed by atoms with Crippen molar-refractivity contribution in [1.29, 1.82) is 5.26 Å². The fourth-order valence-corrected chi connectivity index (χ4v) is 2.26. The minimum Gasteiger partial charge on any atom is -0.484 e. The van der Waals surface area contributed by atoms with Gasteiger partial charge in [-0.1, -0.05) is 17.7 Å². The van der Waals surface area contributed by atoms with Crippen molar-refractivity contribution < 1.29 is 24.5 Å². The number of hydrogen-bond donors (Lipinski definition) is 3. The molecule has 0 spiro atoms. The van der Waals surface area contributed by atoms with Crippen molar-refractivity contribution in [3.63, 3.8) is 0 Å². The number of nitrogens with two attached hydrogens (primary N) is 1. The Morgan fingerprint density at radius 1 is 1.30 bits per heavy atom. The molecule has 10 heteroatoms. The lowest BCUT2D eigenvalue weighted by molar-refractivity contribution is -0.159. The summed E-state index contributed by atoms with van der Waals surface area (Å²) in [6.45, 7) is 0.461. The van der Waals surface area contributed by atoms with Gasteiger partial charge in [-0.25, -0.2) is 14.6 Å². The van der Waals surface area contributed by atoms with Crippen LogP contribution in [0.5, 0.6) is 5.75 Å². The van der Waals surface area contributed by atoms with Crippen molar-refractivity contribution in [1.82, 2.24) is 4.98 Å². The third-order valence-electron chi connectivity index (χ3n) is 3.07. The maximum absolute atomic E-state index is 9.14. The number of carboxylic acids is 2. The molecule has 142 valence electrons. The summed E-state index contributed by atoms with van der Waals surface area (Å²) in [6, 6.07) is 10.8. The highest BCUT2D eigenvalue weighted by atomic mass is 79.9. The predicted octanol–water partition coefficient (Wildman–Crippen LogP) is 2.99. The normalized spacial score (nSPS) is 10.7. The fourth-order valence-electron chi connectivity index (χ4n) is 1.86. The number of halogens is 2. The Hall–Kier alpha value is -2.67. The predicted molar refractivity (Wildman–Crippen MR) is 100 cm³/mol. The minimum absolute atomic E-state index is 0.277. The maximum atomic E-state index is 9.14. The van der Waals surface area contributed by atoms with Crippen LogP contribution in [0.1, 0.15) is 23.7 Å². The van der Waals surface area contributed by atoms with Gasteiger partial charge < -0.3 is 20.7 Å². The van der Waals surface area contributed by atoms with Gasteiger partial charge in [-0.05, 0) is 40.7 Å². The zero-order chi connectivity index (χ0) is 20.4. The highest BCUT2D eigenvalue weighted by Crippen LogP contribution is 2.29. The van der Waals surface area contributed by atoms with Gasteiger partial charge in [0, 0.05) is 29.3 Å². The molecule has 2 aromatic rings. The Morgan fingerprint density at radius 2 is 1.96 bits per heavy atom. The quantitative estimate of drug-likeness (QED) is 0.459. The summed E-state index contributed by atoms with van der Waals surface area (Å²) in [6.07, 6.45) is 2.06. The van der Waals surface area contributed by atoms with E-state index in [1.54, 1.807) is 24.4 Å². The topological polar surface area (TPSA) is 147 Å². The first kappa shape index (κ1) is 22.4. The lowest BCUT2D eigenvalue weighted by Gasteiger charge is -2.19. The number of aliphatic carboxylic acids is 2. The van der Waals surface area contributed by atoms with E-state index in [9.17, 15) is 0 Å². The second-order valence-electron chi connectivity index (χ2n) is 4.96. The molecule has 1 aromatic carbocycles. The second-order valence-corrected chi connectivity index (χ2v) is 6.21. The van der Waals surface area contributed by atoms with Gasteiger partial charge in [0.1, 0.15) is 22.5 Å². The summed E-state index contributed by atoms with van der Waals surface area (Å²) in [5.41, 5.74) is 6.98. The molecule has 8 nitrogen and oxygen atoms in total. The molecule has 2 rings (SSSR count). The lowest BCUT2D eigenvalue weighted by atomic mass is 10.1. The van der Waals surface area contributed by atoms with Crippen LogP contribution in [-0.2, 0) is 9.59 Å². The molecule has 0 bridgehead atoms. The average molecular weight is 457 g/mol. The number of pyridine rings is 1. The Labute approximate surface area is 168 Å². The van der Waals surface area contributed by atoms with Gasteiger partial charge in [-0.2, -0.15) is 5.26 Å². The Kier molecular flexibility index (Phi) is 9.22. The van der Waals surface area contributed by atoms with Gasteiger partial charge in [-0.3, -0.25) is 0 Å². The average Bonchev–Trinajstić information content (AvgIpc) is 2.62. The van der Waals surface area contributed by atoms with Crippen molar-refractivity contribution in [3.8, 4) is 11.8 Å². The summed E-state index contributed by atoms with van der Waals surface area (Å²) in [4.78, 5) is 22.4. The van der Waals surface area contributed by atoms with E-state index in [4.69, 9.17) is 47.1 Å². The molecule has 0 aliphatic carbocycles. The third-order valence-corrected chi connectivity index (χ3v) is 3.77. The van der Waals surface area contributed by atoms with E-state index in [1.807, 2.05) is 12.1 Å². The van der Waals surface area contributed by atoms with Crippen LogP contribution in [0.15, 0.2) is 41.1 Å². The first-order valence-electron chi connectivity index (χ1n) is 7.42. The van der Waals surface area contributed by atoms with Gasteiger partial charge in [-0.15, -0.1) is 0 Å². The summed E-state index contributed by atoms with van der Waals surface area (Å²) in [7, 11) is 0. The number of nitriles is 1. The van der Waals surface area contributed by atoms with Gasteiger partial charge in [0.05, 0.1) is 5.56 Å². The van der Waals surface area contributed by atoms with Crippen molar-refractivity contribution in [2.24, 2.45) is 5.73 Å². The molecular weight excluding hydrogens is 442 g/mol. The Bertz CT molecular complexity index is 827. The third kappa shape index (κ3) is 7.62. The van der Waals surface area contributed by atoms with Crippen LogP contribution in [0.3, 0.4) is 0 Å². The molecule has 0 fully saturated rings. The van der Waals surface area contributed by atoms with Crippen LogP contribution < -0.4 is 10.5 Å². The standard InChI is InChI=1S/C15H13BrClN3O.C2H2O4/c16-15-4-2-11(9-20-15)13(5-6-18)21-14-7-12(17)3-1-10(14)8-19;3-1(4)2(5)6/h1-4,7,9,13H,5-6,18H2;(H,3,4)(H,5,6). The van der Waals surface area contributed by atoms with Gasteiger partial charge in [0.25, 0.3) is 0 Å². The summed E-state index contributed by atoms with van der Waals surface area (Å²) in [5, 5.41) is 24.4. The van der Waals surface area contributed by atoms with Crippen LogP contribution in [0, 0.1) is 11.3 Å². The molecule has 4 N–H and O–H groups in total. The van der Waals surface area contributed by atoms with E-state index in [0.717, 1.165) is 10.2 Å². The van der Waals surface area contributed by atoms with Crippen LogP contribution in [0.25, 0.3) is 0 Å². The lowest BCUT2D eigenvalue weighted by Crippen LogP contribution is -2.14. The van der Waals surface area contributed by atoms with Crippen molar-refractivity contribution >= 4 is 39.5 Å². The van der Waals surface area contributed by atoms with Gasteiger partial charge in [0.15, 0.2) is 0 Å². The number of ether oxygens (including phenoxy) is 1. The maximum Gasteiger partial charge on any atom is 0.414 e. The minimum atomic E-state index is -1.82. The second kappa shape index (κ2) is 11.1. The van der Waals surface area contributed by atoms with Crippen LogP contribution in [0.2, 0.25) is 5.02 Å². The number of aromatic nitrogens is 1. The molecule has 1 heterocycles. The molecule has 0 saturated carbocycles. The first-order chi connectivity index (χ1) is 12.8. The van der Waals surface area contributed by atoms with E-state index in [-0.39, 0.29) is 6.10 Å². The number of carbonyl (C=O) groups is 2. The SMILES string of the molecule is N#Cc1ccc(Cl)cc1OC(CCN)c1ccc(Br)nc1.O=C(O)C(=O)O. The monoisotopic (exact) mass is 455 g/mol.